The fourth-order valence-electron chi connectivity index (χ4n) is 5.68. The Morgan fingerprint density at radius 2 is 1.80 bits per heavy atom. The molecule has 2 aliphatic heterocycles. The van der Waals surface area contributed by atoms with Crippen LogP contribution in [0.1, 0.15) is 35.6 Å². The van der Waals surface area contributed by atoms with Crippen molar-refractivity contribution in [2.24, 2.45) is 0 Å². The van der Waals surface area contributed by atoms with Gasteiger partial charge in [0, 0.05) is 50.7 Å². The number of nitrogens with one attached hydrogen (secondary N) is 2. The molecule has 0 radical (unpaired) electrons. The zero-order valence-corrected chi connectivity index (χ0v) is 23.4. The Hall–Kier alpha value is -4.04. The van der Waals surface area contributed by atoms with Gasteiger partial charge in [0.25, 0.3) is 0 Å². The van der Waals surface area contributed by atoms with Crippen molar-refractivity contribution >= 4 is 17.4 Å². The lowest BCUT2D eigenvalue weighted by Gasteiger charge is -2.44. The normalized spacial score (nSPS) is 18.3. The number of aryl methyl sites for hydroxylation is 1. The van der Waals surface area contributed by atoms with E-state index in [1.54, 1.807) is 6.92 Å². The Kier molecular flexibility index (Phi) is 8.78. The summed E-state index contributed by atoms with van der Waals surface area (Å²) in [7, 11) is 0. The standard InChI is InChI=1S/C33H35F2N3O3/c1-21-5-3-4-6-24(21)13-15-36-33(40)32-28(18-27-19-38(22(2)39)20-30(32)37-27)25-9-7-23(8-10-25)14-16-41-31-17-26(34)11-12-29(31)35/h3-12,17,27,30,37H,13-16,18-20H2,1-2H3,(H,36,40). The summed E-state index contributed by atoms with van der Waals surface area (Å²) in [6, 6.07) is 19.0. The molecule has 0 aliphatic carbocycles. The van der Waals surface area contributed by atoms with E-state index in [4.69, 9.17) is 4.74 Å². The van der Waals surface area contributed by atoms with Crippen molar-refractivity contribution in [3.8, 4) is 5.75 Å². The molecule has 2 atom stereocenters. The smallest absolute Gasteiger partial charge is 0.249 e. The number of carbonyl (C=O) groups is 2. The van der Waals surface area contributed by atoms with Crippen molar-refractivity contribution in [3.05, 3.63) is 106 Å². The molecular weight excluding hydrogens is 524 g/mol. The van der Waals surface area contributed by atoms with E-state index in [1.807, 2.05) is 41.3 Å². The maximum Gasteiger partial charge on any atom is 0.249 e. The zero-order valence-electron chi connectivity index (χ0n) is 23.4. The highest BCUT2D eigenvalue weighted by atomic mass is 19.1. The predicted octanol–water partition coefficient (Wildman–Crippen LogP) is 4.60. The second kappa shape index (κ2) is 12.6. The molecule has 6 nitrogen and oxygen atoms in total. The first-order valence-electron chi connectivity index (χ1n) is 14.0. The number of fused-ring (bicyclic) bond motifs is 2. The molecule has 2 N–H and O–H groups in total. The summed E-state index contributed by atoms with van der Waals surface area (Å²) in [6.45, 7) is 5.39. The zero-order chi connectivity index (χ0) is 28.9. The number of halogens is 2. The number of hydrogen-bond donors (Lipinski definition) is 2. The Bertz CT molecular complexity index is 1450. The Balaban J connectivity index is 1.32. The lowest BCUT2D eigenvalue weighted by Crippen LogP contribution is -2.61. The van der Waals surface area contributed by atoms with Crippen LogP contribution in [0, 0.1) is 18.6 Å². The summed E-state index contributed by atoms with van der Waals surface area (Å²) < 4.78 is 32.7. The van der Waals surface area contributed by atoms with Gasteiger partial charge in [-0.1, -0.05) is 48.5 Å². The van der Waals surface area contributed by atoms with Gasteiger partial charge in [-0.2, -0.15) is 0 Å². The molecule has 3 aromatic rings. The number of ether oxygens (including phenoxy) is 1. The number of rotatable bonds is 9. The molecule has 2 unspecified atom stereocenters. The molecule has 8 heteroatoms. The van der Waals surface area contributed by atoms with Gasteiger partial charge >= 0.3 is 0 Å². The molecule has 2 bridgehead atoms. The highest BCUT2D eigenvalue weighted by molar-refractivity contribution is 6.03. The van der Waals surface area contributed by atoms with E-state index >= 15 is 0 Å². The fourth-order valence-corrected chi connectivity index (χ4v) is 5.68. The van der Waals surface area contributed by atoms with Crippen LogP contribution in [-0.4, -0.2) is 55.0 Å². The van der Waals surface area contributed by atoms with Crippen LogP contribution in [0.5, 0.6) is 5.75 Å². The van der Waals surface area contributed by atoms with E-state index in [0.29, 0.717) is 38.0 Å². The van der Waals surface area contributed by atoms with Crippen molar-refractivity contribution in [2.45, 2.75) is 45.2 Å². The van der Waals surface area contributed by atoms with Gasteiger partial charge in [-0.25, -0.2) is 8.78 Å². The molecule has 0 aromatic heterocycles. The quantitative estimate of drug-likeness (QED) is 0.402. The molecule has 1 saturated heterocycles. The molecule has 1 fully saturated rings. The summed E-state index contributed by atoms with van der Waals surface area (Å²) in [5, 5.41) is 6.69. The Morgan fingerprint density at radius 1 is 1.02 bits per heavy atom. The van der Waals surface area contributed by atoms with Crippen LogP contribution in [0.4, 0.5) is 8.78 Å². The monoisotopic (exact) mass is 559 g/mol. The van der Waals surface area contributed by atoms with Gasteiger partial charge in [-0.05, 0) is 59.7 Å². The number of amides is 2. The molecule has 214 valence electrons. The average molecular weight is 560 g/mol. The van der Waals surface area contributed by atoms with E-state index in [-0.39, 0.29) is 36.3 Å². The van der Waals surface area contributed by atoms with E-state index in [9.17, 15) is 18.4 Å². The van der Waals surface area contributed by atoms with Crippen LogP contribution in [0.25, 0.3) is 5.57 Å². The van der Waals surface area contributed by atoms with Crippen molar-refractivity contribution in [3.63, 3.8) is 0 Å². The van der Waals surface area contributed by atoms with Crippen LogP contribution in [-0.2, 0) is 22.4 Å². The minimum atomic E-state index is -0.599. The fraction of sp³-hybridized carbons (Fsp3) is 0.333. The van der Waals surface area contributed by atoms with E-state index in [1.165, 1.54) is 11.1 Å². The molecule has 0 saturated carbocycles. The van der Waals surface area contributed by atoms with E-state index < -0.39 is 11.6 Å². The van der Waals surface area contributed by atoms with Crippen molar-refractivity contribution in [1.29, 1.82) is 0 Å². The minimum Gasteiger partial charge on any atom is -0.490 e. The van der Waals surface area contributed by atoms with Crippen LogP contribution in [0.15, 0.2) is 72.3 Å². The summed E-state index contributed by atoms with van der Waals surface area (Å²) in [5.74, 6) is -1.37. The molecule has 0 spiro atoms. The molecule has 2 amide bonds. The molecule has 5 rings (SSSR count). The third-order valence-electron chi connectivity index (χ3n) is 7.88. The van der Waals surface area contributed by atoms with E-state index in [0.717, 1.165) is 41.3 Å². The van der Waals surface area contributed by atoms with Gasteiger partial charge in [-0.15, -0.1) is 0 Å². The second-order valence-electron chi connectivity index (χ2n) is 10.7. The van der Waals surface area contributed by atoms with Gasteiger partial charge in [0.15, 0.2) is 11.6 Å². The number of nitrogens with zero attached hydrogens (tertiary/aromatic N) is 1. The largest absolute Gasteiger partial charge is 0.490 e. The molecule has 2 aliphatic rings. The average Bonchev–Trinajstić information content (AvgIpc) is 2.95. The third kappa shape index (κ3) is 6.82. The SMILES string of the molecule is CC(=O)N1CC2CC(c3ccc(CCOc4cc(F)ccc4F)cc3)=C(C(=O)NCCc3ccccc3C)C(C1)N2. The number of piperazine rings is 1. The molecule has 41 heavy (non-hydrogen) atoms. The van der Waals surface area contributed by atoms with Crippen molar-refractivity contribution in [2.75, 3.05) is 26.2 Å². The van der Waals surface area contributed by atoms with Gasteiger partial charge in [-0.3, -0.25) is 9.59 Å². The second-order valence-corrected chi connectivity index (χ2v) is 10.7. The first kappa shape index (κ1) is 28.5. The topological polar surface area (TPSA) is 70.7 Å². The first-order valence-corrected chi connectivity index (χ1v) is 14.0. The molecule has 3 aromatic carbocycles. The first-order chi connectivity index (χ1) is 19.8. The summed E-state index contributed by atoms with van der Waals surface area (Å²) in [6.07, 6.45) is 1.88. The summed E-state index contributed by atoms with van der Waals surface area (Å²) >= 11 is 0. The van der Waals surface area contributed by atoms with E-state index in [2.05, 4.69) is 29.7 Å². The Morgan fingerprint density at radius 3 is 2.56 bits per heavy atom. The van der Waals surface area contributed by atoms with Gasteiger partial charge in [0.05, 0.1) is 12.6 Å². The van der Waals surface area contributed by atoms with Crippen LogP contribution in [0.2, 0.25) is 0 Å². The number of benzene rings is 3. The van der Waals surface area contributed by atoms with Crippen molar-refractivity contribution < 1.29 is 23.1 Å². The lowest BCUT2D eigenvalue weighted by atomic mass is 9.83. The third-order valence-corrected chi connectivity index (χ3v) is 7.88. The highest BCUT2D eigenvalue weighted by Crippen LogP contribution is 2.33. The van der Waals surface area contributed by atoms with Crippen LogP contribution < -0.4 is 15.4 Å². The highest BCUT2D eigenvalue weighted by Gasteiger charge is 2.38. The van der Waals surface area contributed by atoms with Crippen molar-refractivity contribution in [1.82, 2.24) is 15.5 Å². The minimum absolute atomic E-state index is 0.00829. The Labute approximate surface area is 239 Å². The van der Waals surface area contributed by atoms with Gasteiger partial charge in [0.1, 0.15) is 5.82 Å². The number of hydrogen-bond acceptors (Lipinski definition) is 4. The summed E-state index contributed by atoms with van der Waals surface area (Å²) in [5.41, 5.74) is 5.99. The van der Waals surface area contributed by atoms with Crippen LogP contribution in [0.3, 0.4) is 0 Å². The maximum absolute atomic E-state index is 13.8. The number of carbonyl (C=O) groups excluding carboxylic acids is 2. The maximum atomic E-state index is 13.8. The lowest BCUT2D eigenvalue weighted by molar-refractivity contribution is -0.131. The summed E-state index contributed by atoms with van der Waals surface area (Å²) in [4.78, 5) is 27.7. The molecular formula is C33H35F2N3O3. The van der Waals surface area contributed by atoms with Gasteiger partial charge in [0.2, 0.25) is 11.8 Å². The predicted molar refractivity (Wildman–Crippen MR) is 154 cm³/mol. The van der Waals surface area contributed by atoms with Crippen LogP contribution >= 0.6 is 0 Å². The molecule has 2 heterocycles. The van der Waals surface area contributed by atoms with Gasteiger partial charge < -0.3 is 20.3 Å².